The van der Waals surface area contributed by atoms with Crippen molar-refractivity contribution in [1.29, 1.82) is 0 Å². The summed E-state index contributed by atoms with van der Waals surface area (Å²) in [5.41, 5.74) is 8.90. The first kappa shape index (κ1) is 32.2. The lowest BCUT2D eigenvalue weighted by Gasteiger charge is -2.53. The minimum Gasteiger partial charge on any atom is -0.460 e. The van der Waals surface area contributed by atoms with Crippen molar-refractivity contribution < 1.29 is 22.5 Å². The second kappa shape index (κ2) is 11.5. The van der Waals surface area contributed by atoms with Crippen molar-refractivity contribution in [3.8, 4) is 16.9 Å². The van der Waals surface area contributed by atoms with Gasteiger partial charge in [-0.25, -0.2) is 22.7 Å². The lowest BCUT2D eigenvalue weighted by atomic mass is 9.63. The van der Waals surface area contributed by atoms with Crippen LogP contribution in [-0.4, -0.2) is 48.3 Å². The zero-order valence-corrected chi connectivity index (χ0v) is 27.7. The van der Waals surface area contributed by atoms with Crippen LogP contribution in [0.5, 0.6) is 5.75 Å². The Hall–Kier alpha value is -3.74. The summed E-state index contributed by atoms with van der Waals surface area (Å²) < 4.78 is 53.4. The van der Waals surface area contributed by atoms with E-state index in [1.165, 1.54) is 13.0 Å². The molecule has 12 heteroatoms. The molecule has 1 aliphatic heterocycles. The van der Waals surface area contributed by atoms with Gasteiger partial charge in [-0.05, 0) is 82.9 Å². The first-order valence-corrected chi connectivity index (χ1v) is 16.6. The number of alkyl halides is 1. The summed E-state index contributed by atoms with van der Waals surface area (Å²) in [4.78, 5) is 22.4. The van der Waals surface area contributed by atoms with Gasteiger partial charge in [-0.15, -0.1) is 0 Å². The van der Waals surface area contributed by atoms with E-state index in [-0.39, 0.29) is 17.6 Å². The Labute approximate surface area is 269 Å². The quantitative estimate of drug-likeness (QED) is 0.229. The number of pyridine rings is 1. The van der Waals surface area contributed by atoms with E-state index < -0.39 is 39.0 Å². The molecule has 2 aromatic carbocycles. The predicted octanol–water partition coefficient (Wildman–Crippen LogP) is 5.59. The Morgan fingerprint density at radius 1 is 1.20 bits per heavy atom. The zero-order chi connectivity index (χ0) is 33.2. The van der Waals surface area contributed by atoms with Crippen LogP contribution in [0.15, 0.2) is 48.7 Å². The van der Waals surface area contributed by atoms with Gasteiger partial charge in [-0.1, -0.05) is 12.1 Å². The first-order valence-electron chi connectivity index (χ1n) is 15.4. The SMILES string of the molecule is CNC(=O)c1cccc(OC(C)F)c1[C@H]1CCc2nc3ccc(-c4cnc(C5(NS(=O)C(C)(C)C)CC(C)(N)C5)c(F)c4)cc3n21. The number of aryl methyl sites for hydroxylation is 1. The molecule has 0 saturated heterocycles. The molecule has 9 nitrogen and oxygen atoms in total. The molecule has 4 N–H and O–H groups in total. The third-order valence-electron chi connectivity index (χ3n) is 8.76. The van der Waals surface area contributed by atoms with Gasteiger partial charge in [0.05, 0.1) is 44.0 Å². The number of carbonyl (C=O) groups excluding carboxylic acids is 1. The number of imidazole rings is 1. The summed E-state index contributed by atoms with van der Waals surface area (Å²) in [6, 6.07) is 11.9. The molecule has 1 saturated carbocycles. The van der Waals surface area contributed by atoms with E-state index in [0.29, 0.717) is 48.1 Å². The van der Waals surface area contributed by atoms with Gasteiger partial charge in [-0.2, -0.15) is 0 Å². The smallest absolute Gasteiger partial charge is 0.251 e. The molecule has 2 unspecified atom stereocenters. The van der Waals surface area contributed by atoms with Crippen molar-refractivity contribution in [1.82, 2.24) is 24.6 Å². The van der Waals surface area contributed by atoms with Crippen LogP contribution < -0.4 is 20.5 Å². The van der Waals surface area contributed by atoms with Crippen LogP contribution in [0.2, 0.25) is 0 Å². The third-order valence-corrected chi connectivity index (χ3v) is 10.4. The molecule has 1 fully saturated rings. The number of nitrogens with zero attached hydrogens (tertiary/aromatic N) is 3. The summed E-state index contributed by atoms with van der Waals surface area (Å²) in [7, 11) is 0.0951. The molecule has 0 bridgehead atoms. The molecule has 1 amide bonds. The van der Waals surface area contributed by atoms with Crippen LogP contribution in [0.25, 0.3) is 22.2 Å². The van der Waals surface area contributed by atoms with Crippen LogP contribution in [0, 0.1) is 5.82 Å². The molecule has 3 heterocycles. The minimum absolute atomic E-state index is 0.198. The summed E-state index contributed by atoms with van der Waals surface area (Å²) >= 11 is 0. The zero-order valence-electron chi connectivity index (χ0n) is 26.9. The van der Waals surface area contributed by atoms with E-state index in [0.717, 1.165) is 22.4 Å². The van der Waals surface area contributed by atoms with Gasteiger partial charge in [0, 0.05) is 48.8 Å². The van der Waals surface area contributed by atoms with E-state index in [1.54, 1.807) is 31.4 Å². The van der Waals surface area contributed by atoms with E-state index in [1.807, 2.05) is 45.9 Å². The van der Waals surface area contributed by atoms with Gasteiger partial charge in [0.25, 0.3) is 5.91 Å². The molecule has 3 atom stereocenters. The largest absolute Gasteiger partial charge is 0.460 e. The maximum atomic E-state index is 16.0. The fourth-order valence-corrected chi connectivity index (χ4v) is 7.81. The number of amides is 1. The fourth-order valence-electron chi connectivity index (χ4n) is 6.91. The molecule has 2 aromatic heterocycles. The average Bonchev–Trinajstić information content (AvgIpc) is 3.53. The standard InChI is InChI=1S/C34H40F2N6O3S/c1-19(35)45-27-9-7-8-22(31(43)38-6)29(27)25-12-13-28-40-24-11-10-20(15-26(24)42(25)28)21-14-23(36)30(39-16-21)34(17-33(5,37)18-34)41-46(44)32(2,3)4/h7-11,14-16,19,25,41H,12-13,17-18,37H2,1-6H3,(H,38,43)/t19?,25-,33?,34?,46?/m1/s1. The van der Waals surface area contributed by atoms with Gasteiger partial charge in [0.2, 0.25) is 6.36 Å². The van der Waals surface area contributed by atoms with Gasteiger partial charge in [0.15, 0.2) is 0 Å². The number of aromatic nitrogens is 3. The molecule has 46 heavy (non-hydrogen) atoms. The number of nitrogens with one attached hydrogen (secondary N) is 2. The predicted molar refractivity (Wildman–Crippen MR) is 175 cm³/mol. The number of rotatable bonds is 8. The molecule has 2 aliphatic rings. The Morgan fingerprint density at radius 3 is 2.57 bits per heavy atom. The normalized spacial score (nSPS) is 23.9. The van der Waals surface area contributed by atoms with E-state index in [2.05, 4.69) is 19.6 Å². The van der Waals surface area contributed by atoms with Crippen LogP contribution in [0.3, 0.4) is 0 Å². The number of benzene rings is 2. The molecule has 1 aliphatic carbocycles. The Morgan fingerprint density at radius 2 is 1.93 bits per heavy atom. The van der Waals surface area contributed by atoms with Gasteiger partial charge >= 0.3 is 0 Å². The molecule has 244 valence electrons. The second-order valence-corrected chi connectivity index (χ2v) is 15.7. The second-order valence-electron chi connectivity index (χ2n) is 13.7. The number of nitrogens with two attached hydrogens (primary N) is 1. The molecular formula is C34H40F2N6O3S. The van der Waals surface area contributed by atoms with Crippen LogP contribution >= 0.6 is 0 Å². The van der Waals surface area contributed by atoms with Crippen LogP contribution in [0.4, 0.5) is 8.78 Å². The highest BCUT2D eigenvalue weighted by Gasteiger charge is 2.54. The van der Waals surface area contributed by atoms with Crippen molar-refractivity contribution in [3.05, 3.63) is 77.1 Å². The summed E-state index contributed by atoms with van der Waals surface area (Å²) in [5.74, 6) is 0.322. The maximum Gasteiger partial charge on any atom is 0.251 e. The molecular weight excluding hydrogens is 610 g/mol. The summed E-state index contributed by atoms with van der Waals surface area (Å²) in [5, 5.41) is 2.68. The molecule has 4 aromatic rings. The summed E-state index contributed by atoms with van der Waals surface area (Å²) in [6.07, 6.45) is 2.14. The van der Waals surface area contributed by atoms with Crippen molar-refractivity contribution in [2.75, 3.05) is 7.05 Å². The first-order chi connectivity index (χ1) is 21.6. The number of ether oxygens (including phenoxy) is 1. The highest BCUT2D eigenvalue weighted by Crippen LogP contribution is 2.48. The number of carbonyl (C=O) groups is 1. The van der Waals surface area contributed by atoms with Crippen molar-refractivity contribution in [3.63, 3.8) is 0 Å². The fraction of sp³-hybridized carbons (Fsp3) is 0.441. The highest BCUT2D eigenvalue weighted by molar-refractivity contribution is 7.84. The van der Waals surface area contributed by atoms with Crippen LogP contribution in [-0.2, 0) is 22.9 Å². The highest BCUT2D eigenvalue weighted by atomic mass is 32.2. The average molecular weight is 651 g/mol. The number of fused-ring (bicyclic) bond motifs is 3. The van der Waals surface area contributed by atoms with E-state index >= 15 is 4.39 Å². The topological polar surface area (TPSA) is 124 Å². The van der Waals surface area contributed by atoms with Gasteiger partial charge < -0.3 is 20.4 Å². The van der Waals surface area contributed by atoms with Gasteiger partial charge in [0.1, 0.15) is 17.4 Å². The lowest BCUT2D eigenvalue weighted by molar-refractivity contribution is 0.0833. The van der Waals surface area contributed by atoms with E-state index in [9.17, 15) is 13.4 Å². The van der Waals surface area contributed by atoms with Crippen molar-refractivity contribution in [2.45, 2.75) is 88.5 Å². The number of hydrogen-bond acceptors (Lipinski definition) is 6. The third kappa shape index (κ3) is 5.71. The van der Waals surface area contributed by atoms with Crippen molar-refractivity contribution in [2.24, 2.45) is 5.73 Å². The Kier molecular flexibility index (Phi) is 8.05. The molecule has 0 radical (unpaired) electrons. The molecule has 0 spiro atoms. The number of hydrogen-bond donors (Lipinski definition) is 3. The van der Waals surface area contributed by atoms with Crippen molar-refractivity contribution >= 4 is 27.9 Å². The molecule has 6 rings (SSSR count). The monoisotopic (exact) mass is 650 g/mol. The Bertz CT molecular complexity index is 1860. The summed E-state index contributed by atoms with van der Waals surface area (Å²) in [6.45, 7) is 8.77. The van der Waals surface area contributed by atoms with E-state index in [4.69, 9.17) is 15.5 Å². The Balaban J connectivity index is 1.40. The minimum atomic E-state index is -1.57. The van der Waals surface area contributed by atoms with Gasteiger partial charge in [-0.3, -0.25) is 9.78 Å². The number of halogens is 2. The maximum absolute atomic E-state index is 16.0. The van der Waals surface area contributed by atoms with Crippen LogP contribution in [0.1, 0.15) is 87.4 Å². The lowest BCUT2D eigenvalue weighted by Crippen LogP contribution is -2.66.